The fourth-order valence-electron chi connectivity index (χ4n) is 2.13. The maximum atomic E-state index is 12.1. The lowest BCUT2D eigenvalue weighted by Crippen LogP contribution is -2.32. The molecule has 0 aliphatic rings. The van der Waals surface area contributed by atoms with Crippen molar-refractivity contribution in [3.8, 4) is 5.75 Å². The number of amides is 2. The summed E-state index contributed by atoms with van der Waals surface area (Å²) in [4.78, 5) is 42.6. The van der Waals surface area contributed by atoms with Gasteiger partial charge in [0.1, 0.15) is 5.75 Å². The second-order valence-electron chi connectivity index (χ2n) is 5.16. The number of ether oxygens (including phenoxy) is 1. The summed E-state index contributed by atoms with van der Waals surface area (Å²) < 4.78 is 5.10. The first-order valence-corrected chi connectivity index (χ1v) is 8.72. The molecule has 0 radical (unpaired) electrons. The number of aromatic amines is 1. The molecule has 2 aromatic rings. The van der Waals surface area contributed by atoms with Gasteiger partial charge in [0.15, 0.2) is 5.16 Å². The van der Waals surface area contributed by atoms with Crippen LogP contribution in [0.5, 0.6) is 5.75 Å². The summed E-state index contributed by atoms with van der Waals surface area (Å²) in [5, 5.41) is 2.65. The van der Waals surface area contributed by atoms with Gasteiger partial charge in [-0.3, -0.25) is 19.7 Å². The molecule has 0 fully saturated rings. The van der Waals surface area contributed by atoms with Crippen molar-refractivity contribution in [3.05, 3.63) is 51.9 Å². The molecule has 8 heteroatoms. The Bertz CT molecular complexity index is 820. The Labute approximate surface area is 149 Å². The first-order valence-electron chi connectivity index (χ1n) is 7.73. The maximum absolute atomic E-state index is 12.1. The zero-order chi connectivity index (χ0) is 18.2. The van der Waals surface area contributed by atoms with Crippen LogP contribution in [-0.2, 0) is 11.2 Å². The number of aryl methyl sites for hydroxylation is 1. The van der Waals surface area contributed by atoms with E-state index in [9.17, 15) is 14.4 Å². The van der Waals surface area contributed by atoms with Gasteiger partial charge in [0.2, 0.25) is 5.91 Å². The van der Waals surface area contributed by atoms with Crippen molar-refractivity contribution in [1.29, 1.82) is 0 Å². The molecule has 2 N–H and O–H groups in total. The van der Waals surface area contributed by atoms with E-state index in [0.717, 1.165) is 18.2 Å². The van der Waals surface area contributed by atoms with Crippen molar-refractivity contribution in [3.63, 3.8) is 0 Å². The molecule has 0 spiro atoms. The Morgan fingerprint density at radius 2 is 2.08 bits per heavy atom. The van der Waals surface area contributed by atoms with E-state index in [1.54, 1.807) is 24.3 Å². The van der Waals surface area contributed by atoms with Crippen molar-refractivity contribution in [2.24, 2.45) is 0 Å². The SMILES string of the molecule is CCCc1cc(=O)[nH]c(SCC(=O)NC(=O)c2ccccc2OC)n1. The zero-order valence-electron chi connectivity index (χ0n) is 14.0. The fraction of sp³-hybridized carbons (Fsp3) is 0.294. The van der Waals surface area contributed by atoms with E-state index in [1.807, 2.05) is 6.92 Å². The highest BCUT2D eigenvalue weighted by Crippen LogP contribution is 2.17. The number of imide groups is 1. The maximum Gasteiger partial charge on any atom is 0.261 e. The molecule has 0 saturated heterocycles. The Kier molecular flexibility index (Phi) is 6.76. The van der Waals surface area contributed by atoms with Crippen molar-refractivity contribution in [1.82, 2.24) is 15.3 Å². The van der Waals surface area contributed by atoms with E-state index in [2.05, 4.69) is 15.3 Å². The minimum absolute atomic E-state index is 0.0423. The lowest BCUT2D eigenvalue weighted by Gasteiger charge is -2.08. The quantitative estimate of drug-likeness (QED) is 0.576. The monoisotopic (exact) mass is 361 g/mol. The Morgan fingerprint density at radius 3 is 2.80 bits per heavy atom. The van der Waals surface area contributed by atoms with Crippen molar-refractivity contribution in [2.75, 3.05) is 12.9 Å². The topological polar surface area (TPSA) is 101 Å². The molecule has 2 amide bonds. The van der Waals surface area contributed by atoms with Crippen LogP contribution in [0.1, 0.15) is 29.4 Å². The van der Waals surface area contributed by atoms with Crippen LogP contribution in [0.4, 0.5) is 0 Å². The summed E-state index contributed by atoms with van der Waals surface area (Å²) in [7, 11) is 1.45. The van der Waals surface area contributed by atoms with E-state index in [0.29, 0.717) is 23.0 Å². The summed E-state index contributed by atoms with van der Waals surface area (Å²) in [5.41, 5.74) is 0.700. The Hall–Kier alpha value is -2.61. The molecular weight excluding hydrogens is 342 g/mol. The Morgan fingerprint density at radius 1 is 1.32 bits per heavy atom. The van der Waals surface area contributed by atoms with Crippen LogP contribution >= 0.6 is 11.8 Å². The smallest absolute Gasteiger partial charge is 0.261 e. The van der Waals surface area contributed by atoms with Crippen LogP contribution in [0.2, 0.25) is 0 Å². The lowest BCUT2D eigenvalue weighted by atomic mass is 10.2. The number of nitrogens with one attached hydrogen (secondary N) is 2. The number of carbonyl (C=O) groups excluding carboxylic acids is 2. The number of nitrogens with zero attached hydrogens (tertiary/aromatic N) is 1. The van der Waals surface area contributed by atoms with E-state index in [1.165, 1.54) is 13.2 Å². The average Bonchev–Trinajstić information content (AvgIpc) is 2.59. The van der Waals surface area contributed by atoms with Crippen molar-refractivity contribution < 1.29 is 14.3 Å². The van der Waals surface area contributed by atoms with Gasteiger partial charge in [-0.15, -0.1) is 0 Å². The van der Waals surface area contributed by atoms with Gasteiger partial charge in [-0.25, -0.2) is 4.98 Å². The molecule has 0 unspecified atom stereocenters. The molecule has 0 saturated carbocycles. The number of methoxy groups -OCH3 is 1. The normalized spacial score (nSPS) is 10.3. The van der Waals surface area contributed by atoms with Crippen LogP contribution in [0.25, 0.3) is 0 Å². The summed E-state index contributed by atoms with van der Waals surface area (Å²) in [5.74, 6) is -0.674. The number of aromatic nitrogens is 2. The van der Waals surface area contributed by atoms with Gasteiger partial charge in [-0.1, -0.05) is 37.2 Å². The molecule has 1 aromatic heterocycles. The van der Waals surface area contributed by atoms with Crippen LogP contribution in [0.3, 0.4) is 0 Å². The third-order valence-electron chi connectivity index (χ3n) is 3.22. The molecular formula is C17H19N3O4S. The standard InChI is InChI=1S/C17H19N3O4S/c1-3-6-11-9-14(21)20-17(18-11)25-10-15(22)19-16(23)12-7-4-5-8-13(12)24-2/h4-5,7-9H,3,6,10H2,1-2H3,(H,18,20,21)(H,19,22,23). The van der Waals surface area contributed by atoms with Gasteiger partial charge < -0.3 is 9.72 Å². The molecule has 2 rings (SSSR count). The molecule has 1 aromatic carbocycles. The fourth-order valence-corrected chi connectivity index (χ4v) is 2.83. The average molecular weight is 361 g/mol. The number of hydrogen-bond donors (Lipinski definition) is 2. The highest BCUT2D eigenvalue weighted by Gasteiger charge is 2.15. The molecule has 0 aliphatic carbocycles. The summed E-state index contributed by atoms with van der Waals surface area (Å²) in [6.07, 6.45) is 1.56. The number of H-pyrrole nitrogens is 1. The van der Waals surface area contributed by atoms with Crippen LogP contribution in [0, 0.1) is 0 Å². The number of benzene rings is 1. The summed E-state index contributed by atoms with van der Waals surface area (Å²) in [6, 6.07) is 8.08. The number of thioether (sulfide) groups is 1. The van der Waals surface area contributed by atoms with E-state index in [4.69, 9.17) is 4.74 Å². The lowest BCUT2D eigenvalue weighted by molar-refractivity contribution is -0.117. The van der Waals surface area contributed by atoms with Crippen molar-refractivity contribution >= 4 is 23.6 Å². The minimum Gasteiger partial charge on any atom is -0.496 e. The molecule has 1 heterocycles. The minimum atomic E-state index is -0.538. The van der Waals surface area contributed by atoms with Gasteiger partial charge in [0.05, 0.1) is 18.4 Å². The van der Waals surface area contributed by atoms with Gasteiger partial charge >= 0.3 is 0 Å². The predicted molar refractivity (Wildman–Crippen MR) is 95.0 cm³/mol. The number of para-hydroxylation sites is 1. The van der Waals surface area contributed by atoms with Crippen molar-refractivity contribution in [2.45, 2.75) is 24.9 Å². The van der Waals surface area contributed by atoms with Gasteiger partial charge in [0.25, 0.3) is 11.5 Å². The number of hydrogen-bond acceptors (Lipinski definition) is 6. The van der Waals surface area contributed by atoms with E-state index in [-0.39, 0.29) is 16.9 Å². The Balaban J connectivity index is 1.97. The van der Waals surface area contributed by atoms with E-state index < -0.39 is 11.8 Å². The molecule has 0 aliphatic heterocycles. The zero-order valence-corrected chi connectivity index (χ0v) is 14.8. The predicted octanol–water partition coefficient (Wildman–Crippen LogP) is 1.78. The molecule has 0 atom stereocenters. The first-order chi connectivity index (χ1) is 12.0. The highest BCUT2D eigenvalue weighted by molar-refractivity contribution is 7.99. The second-order valence-corrected chi connectivity index (χ2v) is 6.12. The second kappa shape index (κ2) is 9.03. The van der Waals surface area contributed by atoms with Crippen LogP contribution in [0.15, 0.2) is 40.3 Å². The van der Waals surface area contributed by atoms with Crippen LogP contribution < -0.4 is 15.6 Å². The molecule has 0 bridgehead atoms. The largest absolute Gasteiger partial charge is 0.496 e. The van der Waals surface area contributed by atoms with E-state index >= 15 is 0 Å². The molecule has 7 nitrogen and oxygen atoms in total. The van der Waals surface area contributed by atoms with Gasteiger partial charge in [0, 0.05) is 11.8 Å². The van der Waals surface area contributed by atoms with Crippen LogP contribution in [-0.4, -0.2) is 34.6 Å². The summed E-state index contributed by atoms with van der Waals surface area (Å²) in [6.45, 7) is 1.99. The van der Waals surface area contributed by atoms with Gasteiger partial charge in [-0.05, 0) is 18.6 Å². The molecule has 25 heavy (non-hydrogen) atoms. The number of carbonyl (C=O) groups is 2. The first kappa shape index (κ1) is 18.7. The summed E-state index contributed by atoms with van der Waals surface area (Å²) >= 11 is 1.07. The highest BCUT2D eigenvalue weighted by atomic mass is 32.2. The van der Waals surface area contributed by atoms with Gasteiger partial charge in [-0.2, -0.15) is 0 Å². The molecule has 132 valence electrons. The third-order valence-corrected chi connectivity index (χ3v) is 4.10. The number of rotatable bonds is 7. The third kappa shape index (κ3) is 5.46.